The first-order valence-electron chi connectivity index (χ1n) is 7.26. The predicted octanol–water partition coefficient (Wildman–Crippen LogP) is 0.795. The van der Waals surface area contributed by atoms with E-state index in [1.165, 1.54) is 7.11 Å². The van der Waals surface area contributed by atoms with Crippen molar-refractivity contribution in [3.05, 3.63) is 11.3 Å². The Bertz CT molecular complexity index is 575. The fourth-order valence-electron chi connectivity index (χ4n) is 3.64. The normalized spacial score (nSPS) is 31.3. The van der Waals surface area contributed by atoms with Crippen molar-refractivity contribution in [2.24, 2.45) is 17.8 Å². The highest BCUT2D eigenvalue weighted by Gasteiger charge is 2.48. The minimum atomic E-state index is -0.576. The van der Waals surface area contributed by atoms with Crippen LogP contribution >= 0.6 is 0 Å². The Kier molecular flexibility index (Phi) is 3.57. The van der Waals surface area contributed by atoms with Crippen molar-refractivity contribution in [1.29, 1.82) is 0 Å². The number of fused-ring (bicyclic) bond motifs is 3. The maximum absolute atomic E-state index is 12.4. The minimum Gasteiger partial charge on any atom is -0.481 e. The predicted molar refractivity (Wildman–Crippen MR) is 74.3 cm³/mol. The van der Waals surface area contributed by atoms with Crippen LogP contribution in [0.1, 0.15) is 24.6 Å². The van der Waals surface area contributed by atoms with Crippen LogP contribution in [0.3, 0.4) is 0 Å². The maximum atomic E-state index is 12.4. The van der Waals surface area contributed by atoms with E-state index in [2.05, 4.69) is 9.97 Å². The quantitative estimate of drug-likeness (QED) is 0.868. The number of hydrogen-bond donors (Lipinski definition) is 1. The number of rotatable bonds is 2. The Morgan fingerprint density at radius 3 is 2.67 bits per heavy atom. The summed E-state index contributed by atoms with van der Waals surface area (Å²) in [6, 6.07) is 0.232. The monoisotopic (exact) mass is 292 g/mol. The molecule has 0 aliphatic heterocycles. The van der Waals surface area contributed by atoms with Gasteiger partial charge in [0.1, 0.15) is 5.78 Å². The van der Waals surface area contributed by atoms with Crippen molar-refractivity contribution in [3.8, 4) is 11.9 Å². The van der Waals surface area contributed by atoms with Crippen molar-refractivity contribution in [1.82, 2.24) is 9.97 Å². The molecule has 1 aromatic heterocycles. The zero-order valence-electron chi connectivity index (χ0n) is 12.5. The van der Waals surface area contributed by atoms with Crippen LogP contribution in [0, 0.1) is 17.8 Å². The molecule has 114 valence electrons. The van der Waals surface area contributed by atoms with Gasteiger partial charge in [0.05, 0.1) is 26.0 Å². The van der Waals surface area contributed by atoms with Gasteiger partial charge in [0.25, 0.3) is 0 Å². The largest absolute Gasteiger partial charge is 0.481 e. The molecule has 0 aromatic carbocycles. The Morgan fingerprint density at radius 1 is 1.24 bits per heavy atom. The molecule has 6 nitrogen and oxygen atoms in total. The third-order valence-electron chi connectivity index (χ3n) is 4.86. The number of aliphatic hydroxyl groups is 1. The number of ether oxygens (including phenoxy) is 2. The molecule has 2 aliphatic carbocycles. The summed E-state index contributed by atoms with van der Waals surface area (Å²) in [7, 11) is 3.07. The molecule has 0 radical (unpaired) electrons. The first-order valence-corrected chi connectivity index (χ1v) is 7.26. The van der Waals surface area contributed by atoms with Gasteiger partial charge in [-0.15, -0.1) is 0 Å². The Hall–Kier alpha value is -1.69. The van der Waals surface area contributed by atoms with E-state index in [4.69, 9.17) is 9.47 Å². The molecule has 1 heterocycles. The van der Waals surface area contributed by atoms with E-state index in [0.29, 0.717) is 18.7 Å². The van der Waals surface area contributed by atoms with Gasteiger partial charge in [0, 0.05) is 23.8 Å². The summed E-state index contributed by atoms with van der Waals surface area (Å²) in [5, 5.41) is 10.4. The second-order valence-corrected chi connectivity index (χ2v) is 5.84. The Morgan fingerprint density at radius 2 is 2.00 bits per heavy atom. The average molecular weight is 292 g/mol. The zero-order chi connectivity index (χ0) is 15.1. The van der Waals surface area contributed by atoms with Crippen LogP contribution in [0.15, 0.2) is 0 Å². The molecule has 2 unspecified atom stereocenters. The number of ketones is 1. The summed E-state index contributed by atoms with van der Waals surface area (Å²) in [6.45, 7) is 1.91. The number of Topliss-reactive ketones (excluding diaryl/α,β-unsaturated/α-hetero) is 1. The first-order chi connectivity index (χ1) is 10.1. The van der Waals surface area contributed by atoms with Gasteiger partial charge in [-0.3, -0.25) is 4.79 Å². The molecule has 1 N–H and O–H groups in total. The molecule has 0 amide bonds. The van der Waals surface area contributed by atoms with Crippen molar-refractivity contribution in [2.75, 3.05) is 14.2 Å². The van der Waals surface area contributed by atoms with Crippen LogP contribution in [0.25, 0.3) is 0 Å². The highest BCUT2D eigenvalue weighted by Crippen LogP contribution is 2.41. The SMILES string of the molecule is COc1nc2c(c(OC)n1)CC[C@@H]1C(O)C(C2)C(=O)[C@H]1C. The fourth-order valence-corrected chi connectivity index (χ4v) is 3.64. The number of hydrogen-bond acceptors (Lipinski definition) is 6. The van der Waals surface area contributed by atoms with Crippen LogP contribution < -0.4 is 9.47 Å². The third-order valence-corrected chi connectivity index (χ3v) is 4.86. The summed E-state index contributed by atoms with van der Waals surface area (Å²) < 4.78 is 10.4. The number of nitrogens with zero attached hydrogens (tertiary/aromatic N) is 2. The lowest BCUT2D eigenvalue weighted by Gasteiger charge is -2.24. The van der Waals surface area contributed by atoms with E-state index in [1.807, 2.05) is 6.92 Å². The summed E-state index contributed by atoms with van der Waals surface area (Å²) >= 11 is 0. The first kappa shape index (κ1) is 14.3. The van der Waals surface area contributed by atoms with Crippen LogP contribution in [0.5, 0.6) is 11.9 Å². The van der Waals surface area contributed by atoms with Crippen molar-refractivity contribution < 1.29 is 19.4 Å². The molecule has 1 saturated carbocycles. The van der Waals surface area contributed by atoms with Gasteiger partial charge in [-0.1, -0.05) is 6.92 Å². The molecule has 21 heavy (non-hydrogen) atoms. The van der Waals surface area contributed by atoms with Gasteiger partial charge in [-0.2, -0.15) is 9.97 Å². The minimum absolute atomic E-state index is 0.0162. The Balaban J connectivity index is 2.06. The fraction of sp³-hybridized carbons (Fsp3) is 0.667. The lowest BCUT2D eigenvalue weighted by atomic mass is 9.86. The molecule has 4 atom stereocenters. The summed E-state index contributed by atoms with van der Waals surface area (Å²) in [4.78, 5) is 21.0. The van der Waals surface area contributed by atoms with E-state index >= 15 is 0 Å². The van der Waals surface area contributed by atoms with E-state index in [9.17, 15) is 9.90 Å². The lowest BCUT2D eigenvalue weighted by Crippen LogP contribution is -2.28. The second kappa shape index (κ2) is 5.26. The highest BCUT2D eigenvalue weighted by atomic mass is 16.5. The van der Waals surface area contributed by atoms with Crippen molar-refractivity contribution >= 4 is 5.78 Å². The molecule has 2 aliphatic rings. The number of methoxy groups -OCH3 is 2. The lowest BCUT2D eigenvalue weighted by molar-refractivity contribution is -0.124. The molecule has 0 saturated heterocycles. The average Bonchev–Trinajstić information content (AvgIpc) is 2.71. The van der Waals surface area contributed by atoms with Crippen LogP contribution in [-0.4, -0.2) is 41.2 Å². The highest BCUT2D eigenvalue weighted by molar-refractivity contribution is 5.87. The zero-order valence-corrected chi connectivity index (χ0v) is 12.5. The maximum Gasteiger partial charge on any atom is 0.319 e. The molecule has 1 fully saturated rings. The van der Waals surface area contributed by atoms with Gasteiger partial charge in [-0.05, 0) is 18.8 Å². The van der Waals surface area contributed by atoms with Crippen LogP contribution in [0.4, 0.5) is 0 Å². The number of carbonyl (C=O) groups is 1. The molecular weight excluding hydrogens is 272 g/mol. The van der Waals surface area contributed by atoms with E-state index in [1.54, 1.807) is 7.11 Å². The summed E-state index contributed by atoms with van der Waals surface area (Å²) in [5.41, 5.74) is 1.69. The molecule has 1 aromatic rings. The molecular formula is C15H20N2O4. The van der Waals surface area contributed by atoms with Crippen molar-refractivity contribution in [2.45, 2.75) is 32.3 Å². The van der Waals surface area contributed by atoms with Gasteiger partial charge in [0.2, 0.25) is 5.88 Å². The third kappa shape index (κ3) is 2.18. The number of aromatic nitrogens is 2. The smallest absolute Gasteiger partial charge is 0.319 e. The number of carbonyl (C=O) groups excluding carboxylic acids is 1. The van der Waals surface area contributed by atoms with Gasteiger partial charge >= 0.3 is 6.01 Å². The second-order valence-electron chi connectivity index (χ2n) is 5.84. The van der Waals surface area contributed by atoms with E-state index in [0.717, 1.165) is 17.7 Å². The summed E-state index contributed by atoms with van der Waals surface area (Å²) in [6.07, 6.45) is 1.29. The van der Waals surface area contributed by atoms with Gasteiger partial charge in [0.15, 0.2) is 0 Å². The summed E-state index contributed by atoms with van der Waals surface area (Å²) in [5.74, 6) is 0.181. The number of aliphatic hydroxyl groups excluding tert-OH is 1. The topological polar surface area (TPSA) is 81.5 Å². The van der Waals surface area contributed by atoms with Crippen LogP contribution in [-0.2, 0) is 17.6 Å². The molecule has 6 heteroatoms. The van der Waals surface area contributed by atoms with Crippen molar-refractivity contribution in [3.63, 3.8) is 0 Å². The molecule has 0 spiro atoms. The van der Waals surface area contributed by atoms with Gasteiger partial charge in [-0.25, -0.2) is 0 Å². The molecule has 2 bridgehead atoms. The van der Waals surface area contributed by atoms with Gasteiger partial charge < -0.3 is 14.6 Å². The molecule has 3 rings (SSSR count). The Labute approximate surface area is 123 Å². The van der Waals surface area contributed by atoms with E-state index in [-0.39, 0.29) is 29.5 Å². The van der Waals surface area contributed by atoms with Crippen LogP contribution in [0.2, 0.25) is 0 Å². The standard InChI is InChI=1S/C15H20N2O4/c1-7-8-4-5-9-11(6-10(12(7)18)13(8)19)16-15(21-3)17-14(9)20-2/h7-8,10,13,19H,4-6H2,1-3H3/t7-,8-,10?,13?/m0/s1. The van der Waals surface area contributed by atoms with E-state index < -0.39 is 6.10 Å².